The van der Waals surface area contributed by atoms with Gasteiger partial charge in [-0.25, -0.2) is 0 Å². The SMILES string of the molecule is Cc1ccc(C(CNC(=O)c2c3c(nn2C)CCCC3)N(C)C)cc1. The van der Waals surface area contributed by atoms with E-state index in [1.807, 2.05) is 21.1 Å². The lowest BCUT2D eigenvalue weighted by atomic mass is 9.95. The van der Waals surface area contributed by atoms with E-state index in [1.54, 1.807) is 4.68 Å². The summed E-state index contributed by atoms with van der Waals surface area (Å²) in [5.41, 5.74) is 5.43. The van der Waals surface area contributed by atoms with E-state index >= 15 is 0 Å². The van der Waals surface area contributed by atoms with Gasteiger partial charge in [0.1, 0.15) is 5.69 Å². The van der Waals surface area contributed by atoms with E-state index < -0.39 is 0 Å². The Bertz CT molecular complexity index is 746. The van der Waals surface area contributed by atoms with Gasteiger partial charge in [0.05, 0.1) is 11.7 Å². The van der Waals surface area contributed by atoms with Gasteiger partial charge in [0, 0.05) is 19.2 Å². The summed E-state index contributed by atoms with van der Waals surface area (Å²) in [7, 11) is 5.96. The Kier molecular flexibility index (Phi) is 5.23. The molecule has 1 aliphatic rings. The molecule has 0 radical (unpaired) electrons. The summed E-state index contributed by atoms with van der Waals surface area (Å²) in [5, 5.41) is 7.68. The molecule has 5 nitrogen and oxygen atoms in total. The van der Waals surface area contributed by atoms with Crippen LogP contribution in [0.1, 0.15) is 51.8 Å². The van der Waals surface area contributed by atoms with Crippen LogP contribution in [0.25, 0.3) is 0 Å². The summed E-state index contributed by atoms with van der Waals surface area (Å²) in [6, 6.07) is 8.65. The van der Waals surface area contributed by atoms with Crippen LogP contribution in [0.3, 0.4) is 0 Å². The number of hydrogen-bond acceptors (Lipinski definition) is 3. The number of likely N-dealkylation sites (N-methyl/N-ethyl adjacent to an activating group) is 1. The van der Waals surface area contributed by atoms with Crippen molar-refractivity contribution in [3.63, 3.8) is 0 Å². The number of amides is 1. The molecule has 0 aliphatic heterocycles. The van der Waals surface area contributed by atoms with E-state index in [1.165, 1.54) is 17.5 Å². The Labute approximate surface area is 150 Å². The van der Waals surface area contributed by atoms with Crippen molar-refractivity contribution in [3.05, 3.63) is 52.3 Å². The molecule has 2 aromatic rings. The van der Waals surface area contributed by atoms with Gasteiger partial charge < -0.3 is 10.2 Å². The van der Waals surface area contributed by atoms with E-state index in [4.69, 9.17) is 0 Å². The van der Waals surface area contributed by atoms with Crippen molar-refractivity contribution in [2.24, 2.45) is 7.05 Å². The summed E-state index contributed by atoms with van der Waals surface area (Å²) >= 11 is 0. The van der Waals surface area contributed by atoms with Crippen LogP contribution in [-0.2, 0) is 19.9 Å². The Morgan fingerprint density at radius 1 is 1.24 bits per heavy atom. The molecular formula is C20H28N4O. The molecule has 0 spiro atoms. The smallest absolute Gasteiger partial charge is 0.269 e. The molecule has 1 aromatic heterocycles. The van der Waals surface area contributed by atoms with E-state index in [2.05, 4.69) is 46.5 Å². The molecule has 1 atom stereocenters. The number of fused-ring (bicyclic) bond motifs is 1. The third kappa shape index (κ3) is 3.76. The minimum atomic E-state index is -0.0166. The highest BCUT2D eigenvalue weighted by atomic mass is 16.2. The van der Waals surface area contributed by atoms with Crippen molar-refractivity contribution in [2.45, 2.75) is 38.6 Å². The highest BCUT2D eigenvalue weighted by Gasteiger charge is 2.24. The first-order valence-corrected chi connectivity index (χ1v) is 9.03. The minimum Gasteiger partial charge on any atom is -0.349 e. The zero-order valence-corrected chi connectivity index (χ0v) is 15.7. The number of aryl methyl sites for hydroxylation is 3. The van der Waals surface area contributed by atoms with Crippen LogP contribution in [0.4, 0.5) is 0 Å². The van der Waals surface area contributed by atoms with Crippen LogP contribution in [0.5, 0.6) is 0 Å². The highest BCUT2D eigenvalue weighted by Crippen LogP contribution is 2.24. The maximum absolute atomic E-state index is 12.8. The van der Waals surface area contributed by atoms with Crippen molar-refractivity contribution in [2.75, 3.05) is 20.6 Å². The molecule has 134 valence electrons. The molecule has 1 unspecified atom stereocenters. The molecule has 3 rings (SSSR count). The van der Waals surface area contributed by atoms with Crippen molar-refractivity contribution in [1.29, 1.82) is 0 Å². The maximum atomic E-state index is 12.8. The van der Waals surface area contributed by atoms with Crippen LogP contribution >= 0.6 is 0 Å². The number of nitrogens with one attached hydrogen (secondary N) is 1. The van der Waals surface area contributed by atoms with Crippen molar-refractivity contribution in [1.82, 2.24) is 20.0 Å². The number of carbonyl (C=O) groups is 1. The van der Waals surface area contributed by atoms with Gasteiger partial charge in [-0.3, -0.25) is 9.48 Å². The molecule has 1 heterocycles. The second-order valence-electron chi connectivity index (χ2n) is 7.20. The third-order valence-corrected chi connectivity index (χ3v) is 5.08. The number of carbonyl (C=O) groups excluding carboxylic acids is 1. The van der Waals surface area contributed by atoms with Crippen LogP contribution in [0, 0.1) is 6.92 Å². The number of hydrogen-bond donors (Lipinski definition) is 1. The maximum Gasteiger partial charge on any atom is 0.269 e. The number of aromatic nitrogens is 2. The second kappa shape index (κ2) is 7.40. The van der Waals surface area contributed by atoms with E-state index in [0.29, 0.717) is 6.54 Å². The Morgan fingerprint density at radius 3 is 2.60 bits per heavy atom. The zero-order valence-electron chi connectivity index (χ0n) is 15.7. The molecular weight excluding hydrogens is 312 g/mol. The Morgan fingerprint density at radius 2 is 1.92 bits per heavy atom. The molecule has 5 heteroatoms. The average Bonchev–Trinajstić information content (AvgIpc) is 2.92. The van der Waals surface area contributed by atoms with E-state index in [9.17, 15) is 4.79 Å². The molecule has 0 saturated heterocycles. The predicted molar refractivity (Wildman–Crippen MR) is 99.8 cm³/mol. The van der Waals surface area contributed by atoms with Crippen LogP contribution < -0.4 is 5.32 Å². The van der Waals surface area contributed by atoms with Crippen molar-refractivity contribution >= 4 is 5.91 Å². The summed E-state index contributed by atoms with van der Waals surface area (Å²) < 4.78 is 1.75. The molecule has 1 aliphatic carbocycles. The Balaban J connectivity index is 1.74. The molecule has 0 fully saturated rings. The largest absolute Gasteiger partial charge is 0.349 e. The number of rotatable bonds is 5. The summed E-state index contributed by atoms with van der Waals surface area (Å²) in [5.74, 6) is -0.0166. The van der Waals surface area contributed by atoms with Crippen LogP contribution in [-0.4, -0.2) is 41.2 Å². The van der Waals surface area contributed by atoms with E-state index in [-0.39, 0.29) is 11.9 Å². The van der Waals surface area contributed by atoms with Gasteiger partial charge in [0.25, 0.3) is 5.91 Å². The molecule has 0 bridgehead atoms. The van der Waals surface area contributed by atoms with Gasteiger partial charge in [-0.05, 0) is 52.3 Å². The first kappa shape index (κ1) is 17.7. The average molecular weight is 340 g/mol. The van der Waals surface area contributed by atoms with Crippen LogP contribution in [0.15, 0.2) is 24.3 Å². The Hall–Kier alpha value is -2.14. The summed E-state index contributed by atoms with van der Waals surface area (Å²) in [4.78, 5) is 15.0. The first-order chi connectivity index (χ1) is 12.0. The highest BCUT2D eigenvalue weighted by molar-refractivity contribution is 5.94. The van der Waals surface area contributed by atoms with Crippen LogP contribution in [0.2, 0.25) is 0 Å². The molecule has 25 heavy (non-hydrogen) atoms. The molecule has 1 N–H and O–H groups in total. The van der Waals surface area contributed by atoms with Gasteiger partial charge >= 0.3 is 0 Å². The molecule has 1 amide bonds. The minimum absolute atomic E-state index is 0.0166. The van der Waals surface area contributed by atoms with Gasteiger partial charge in [-0.2, -0.15) is 5.10 Å². The van der Waals surface area contributed by atoms with Crippen molar-refractivity contribution in [3.8, 4) is 0 Å². The standard InChI is InChI=1S/C20H28N4O/c1-14-9-11-15(12-10-14)18(23(2)3)13-21-20(25)19-16-7-5-6-8-17(16)22-24(19)4/h9-12,18H,5-8,13H2,1-4H3,(H,21,25). The fourth-order valence-corrected chi connectivity index (χ4v) is 3.63. The lowest BCUT2D eigenvalue weighted by Crippen LogP contribution is -2.35. The van der Waals surface area contributed by atoms with E-state index in [0.717, 1.165) is 36.2 Å². The third-order valence-electron chi connectivity index (χ3n) is 5.08. The first-order valence-electron chi connectivity index (χ1n) is 9.03. The summed E-state index contributed by atoms with van der Waals surface area (Å²) in [6.07, 6.45) is 4.25. The second-order valence-corrected chi connectivity index (χ2v) is 7.20. The van der Waals surface area contributed by atoms with Gasteiger partial charge in [-0.1, -0.05) is 29.8 Å². The normalized spacial score (nSPS) is 15.1. The number of nitrogens with zero attached hydrogens (tertiary/aromatic N) is 3. The van der Waals surface area contributed by atoms with Gasteiger partial charge in [0.2, 0.25) is 0 Å². The summed E-state index contributed by atoms with van der Waals surface area (Å²) in [6.45, 7) is 2.66. The molecule has 1 aromatic carbocycles. The van der Waals surface area contributed by atoms with Gasteiger partial charge in [0.15, 0.2) is 0 Å². The topological polar surface area (TPSA) is 50.2 Å². The lowest BCUT2D eigenvalue weighted by Gasteiger charge is -2.25. The predicted octanol–water partition coefficient (Wildman–Crippen LogP) is 2.64. The fraction of sp³-hybridized carbons (Fsp3) is 0.500. The lowest BCUT2D eigenvalue weighted by molar-refractivity contribution is 0.0931. The monoisotopic (exact) mass is 340 g/mol. The zero-order chi connectivity index (χ0) is 18.0. The quantitative estimate of drug-likeness (QED) is 0.910. The fourth-order valence-electron chi connectivity index (χ4n) is 3.63. The molecule has 0 saturated carbocycles. The van der Waals surface area contributed by atoms with Gasteiger partial charge in [-0.15, -0.1) is 0 Å². The van der Waals surface area contributed by atoms with Crippen molar-refractivity contribution < 1.29 is 4.79 Å². The number of benzene rings is 1.